The van der Waals surface area contributed by atoms with Crippen molar-refractivity contribution in [1.29, 1.82) is 0 Å². The zero-order chi connectivity index (χ0) is 39.9. The summed E-state index contributed by atoms with van der Waals surface area (Å²) < 4.78 is 26.3. The molecule has 1 aliphatic carbocycles. The Morgan fingerprint density at radius 1 is 0.375 bits per heavy atom. The van der Waals surface area contributed by atoms with Crippen molar-refractivity contribution < 1.29 is 38.1 Å². The van der Waals surface area contributed by atoms with Crippen molar-refractivity contribution in [3.05, 3.63) is 117 Å². The van der Waals surface area contributed by atoms with Gasteiger partial charge in [0.1, 0.15) is 23.0 Å². The summed E-state index contributed by atoms with van der Waals surface area (Å²) in [7, 11) is 0. The first-order chi connectivity index (χ1) is 27.1. The van der Waals surface area contributed by atoms with E-state index in [4.69, 9.17) is 18.9 Å². The third kappa shape index (κ3) is 13.1. The van der Waals surface area contributed by atoms with Gasteiger partial charge in [-0.15, -0.1) is 0 Å². The average molecular weight is 833 g/mol. The number of hydrogen-bond acceptors (Lipinski definition) is 12. The molecule has 0 saturated heterocycles. The first-order valence-electron chi connectivity index (χ1n) is 18.6. The second-order valence-electron chi connectivity index (χ2n) is 13.1. The van der Waals surface area contributed by atoms with Gasteiger partial charge in [-0.05, 0) is 44.5 Å². The van der Waals surface area contributed by atoms with Crippen molar-refractivity contribution in [2.75, 3.05) is 49.4 Å². The molecule has 4 aromatic rings. The molecule has 296 valence electrons. The smallest absolute Gasteiger partial charge is 0.185 e. The van der Waals surface area contributed by atoms with Crippen LogP contribution in [-0.2, 0) is 44.9 Å². The van der Waals surface area contributed by atoms with Gasteiger partial charge in [0.15, 0.2) is 20.5 Å². The van der Waals surface area contributed by atoms with Gasteiger partial charge in [0.05, 0.1) is 26.4 Å². The van der Waals surface area contributed by atoms with E-state index in [1.54, 1.807) is 27.7 Å². The molecule has 0 radical (unpaired) electrons. The third-order valence-electron chi connectivity index (χ3n) is 8.78. The van der Waals surface area contributed by atoms with Crippen LogP contribution in [0.3, 0.4) is 0 Å². The summed E-state index contributed by atoms with van der Waals surface area (Å²) in [6.07, 6.45) is 2.07. The van der Waals surface area contributed by atoms with Crippen molar-refractivity contribution in [1.82, 2.24) is 0 Å². The van der Waals surface area contributed by atoms with Crippen molar-refractivity contribution in [2.45, 2.75) is 53.4 Å². The summed E-state index contributed by atoms with van der Waals surface area (Å²) in [6, 6.07) is 24.8. The van der Waals surface area contributed by atoms with Gasteiger partial charge in [0, 0.05) is 76.4 Å². The van der Waals surface area contributed by atoms with Gasteiger partial charge in [0.2, 0.25) is 0 Å². The Morgan fingerprint density at radius 3 is 0.714 bits per heavy atom. The predicted molar refractivity (Wildman–Crippen MR) is 232 cm³/mol. The first-order valence-corrected chi connectivity index (χ1v) is 22.5. The molecule has 0 aliphatic heterocycles. The average Bonchev–Trinajstić information content (AvgIpc) is 3.14. The van der Waals surface area contributed by atoms with Gasteiger partial charge in [-0.3, -0.25) is 19.2 Å². The van der Waals surface area contributed by atoms with Crippen LogP contribution in [0, 0.1) is 0 Å². The molecule has 5 rings (SSSR count). The van der Waals surface area contributed by atoms with Gasteiger partial charge in [-0.1, -0.05) is 120 Å². The summed E-state index contributed by atoms with van der Waals surface area (Å²) in [5, 5.41) is 0.167. The fourth-order valence-corrected chi connectivity index (χ4v) is 8.36. The minimum atomic E-state index is 0.0416. The fraction of sp³-hybridized carbons (Fsp3) is 0.364. The highest BCUT2D eigenvalue weighted by atomic mass is 32.2. The number of ether oxygens (including phenoxy) is 4. The van der Waals surface area contributed by atoms with E-state index in [1.807, 2.05) is 24.3 Å². The zero-order valence-corrected chi connectivity index (χ0v) is 35.6. The maximum Gasteiger partial charge on any atom is 0.185 e. The second kappa shape index (κ2) is 22.2. The Bertz CT molecular complexity index is 1650. The largest absolute Gasteiger partial charge is 0.492 e. The lowest BCUT2D eigenvalue weighted by Crippen LogP contribution is -2.12. The summed E-state index contributed by atoms with van der Waals surface area (Å²) >= 11 is 4.95. The topological polar surface area (TPSA) is 105 Å². The van der Waals surface area contributed by atoms with Gasteiger partial charge in [0.25, 0.3) is 0 Å². The molecule has 0 spiro atoms. The molecule has 4 aromatic carbocycles. The van der Waals surface area contributed by atoms with Crippen LogP contribution in [0.2, 0.25) is 0 Å². The van der Waals surface area contributed by atoms with Crippen LogP contribution in [0.15, 0.2) is 72.8 Å². The van der Waals surface area contributed by atoms with E-state index in [2.05, 4.69) is 48.5 Å². The lowest BCUT2D eigenvalue weighted by Gasteiger charge is -2.22. The molecule has 12 heteroatoms. The molecule has 0 aromatic heterocycles. The van der Waals surface area contributed by atoms with E-state index >= 15 is 0 Å². The number of thioether (sulfide) groups is 4. The Morgan fingerprint density at radius 2 is 0.554 bits per heavy atom. The fourth-order valence-electron chi connectivity index (χ4n) is 6.54. The van der Waals surface area contributed by atoms with E-state index in [1.165, 1.54) is 47.0 Å². The molecular weight excluding hydrogens is 785 g/mol. The minimum Gasteiger partial charge on any atom is -0.492 e. The highest BCUT2D eigenvalue weighted by Crippen LogP contribution is 2.39. The van der Waals surface area contributed by atoms with E-state index in [0.29, 0.717) is 75.1 Å². The van der Waals surface area contributed by atoms with Crippen LogP contribution in [0.4, 0.5) is 0 Å². The van der Waals surface area contributed by atoms with Crippen LogP contribution < -0.4 is 18.9 Å². The molecule has 8 bridgehead atoms. The molecular formula is C44H48O8S4. The van der Waals surface area contributed by atoms with Gasteiger partial charge in [-0.25, -0.2) is 0 Å². The summed E-state index contributed by atoms with van der Waals surface area (Å²) in [6.45, 7) is 7.66. The van der Waals surface area contributed by atoms with Crippen LogP contribution in [0.25, 0.3) is 0 Å². The quantitative estimate of drug-likeness (QED) is 0.0887. The lowest BCUT2D eigenvalue weighted by atomic mass is 9.91. The first kappa shape index (κ1) is 43.3. The monoisotopic (exact) mass is 832 g/mol. The Kier molecular flexibility index (Phi) is 17.2. The zero-order valence-electron chi connectivity index (χ0n) is 32.3. The molecule has 0 heterocycles. The molecule has 0 unspecified atom stereocenters. The number of hydrogen-bond donors (Lipinski definition) is 0. The van der Waals surface area contributed by atoms with Crippen molar-refractivity contribution >= 4 is 67.5 Å². The second-order valence-corrected chi connectivity index (χ2v) is 18.2. The van der Waals surface area contributed by atoms with Crippen LogP contribution in [-0.4, -0.2) is 69.9 Å². The number of carbonyl (C=O) groups excluding carboxylic acids is 4. The maximum atomic E-state index is 11.8. The summed E-state index contributed by atoms with van der Waals surface area (Å²) in [4.78, 5) is 47.1. The van der Waals surface area contributed by atoms with Crippen LogP contribution in [0.1, 0.15) is 72.2 Å². The van der Waals surface area contributed by atoms with Gasteiger partial charge >= 0.3 is 0 Å². The maximum absolute atomic E-state index is 11.8. The third-order valence-corrected chi connectivity index (χ3v) is 11.9. The highest BCUT2D eigenvalue weighted by molar-refractivity contribution is 8.14. The normalized spacial score (nSPS) is 12.1. The number of benzene rings is 4. The SMILES string of the molecule is CC(=O)SCCOc1c2cccc1Cc1cccc(c1OCCSC(C)=O)Cc1cccc(c1OCCSC(C)=O)Cc1cccc(c1OCCSC(C)=O)C2. The van der Waals surface area contributed by atoms with E-state index in [9.17, 15) is 19.2 Å². The number of para-hydroxylation sites is 4. The molecule has 0 fully saturated rings. The Balaban J connectivity index is 1.66. The molecule has 56 heavy (non-hydrogen) atoms. The van der Waals surface area contributed by atoms with Crippen molar-refractivity contribution in [2.24, 2.45) is 0 Å². The van der Waals surface area contributed by atoms with E-state index in [-0.39, 0.29) is 20.5 Å². The molecule has 0 N–H and O–H groups in total. The van der Waals surface area contributed by atoms with E-state index < -0.39 is 0 Å². The van der Waals surface area contributed by atoms with Gasteiger partial charge < -0.3 is 18.9 Å². The highest BCUT2D eigenvalue weighted by Gasteiger charge is 2.22. The van der Waals surface area contributed by atoms with E-state index in [0.717, 1.165) is 67.5 Å². The van der Waals surface area contributed by atoms with Crippen LogP contribution in [0.5, 0.6) is 23.0 Å². The molecule has 1 aliphatic rings. The summed E-state index contributed by atoms with van der Waals surface area (Å²) in [5.41, 5.74) is 7.84. The molecule has 0 saturated carbocycles. The van der Waals surface area contributed by atoms with Crippen molar-refractivity contribution in [3.63, 3.8) is 0 Å². The lowest BCUT2D eigenvalue weighted by molar-refractivity contribution is -0.109. The Labute approximate surface area is 346 Å². The van der Waals surface area contributed by atoms with Crippen molar-refractivity contribution in [3.8, 4) is 23.0 Å². The number of carbonyl (C=O) groups is 4. The van der Waals surface area contributed by atoms with Crippen LogP contribution >= 0.6 is 47.0 Å². The standard InChI is InChI=1S/C44H48O8S4/c1-29(45)53-21-17-49-41-33-9-5-10-34(41)26-36-12-7-14-38(43(36)51-19-23-55-31(3)47)28-40-16-8-15-39(44(40)52-20-24-56-32(4)48)27-37-13-6-11-35(25-33)42(37)50-18-22-54-30(2)46/h5-16H,17-28H2,1-4H3. The molecule has 8 nitrogen and oxygen atoms in total. The predicted octanol–water partition coefficient (Wildman–Crippen LogP) is 9.00. The molecule has 0 atom stereocenters. The number of fused-ring (bicyclic) bond motifs is 8. The van der Waals surface area contributed by atoms with Gasteiger partial charge in [-0.2, -0.15) is 0 Å². The Hall–Kier alpha value is -3.84. The minimum absolute atomic E-state index is 0.0416. The molecule has 0 amide bonds. The summed E-state index contributed by atoms with van der Waals surface area (Å²) in [5.74, 6) is 5.14. The number of rotatable bonds is 16.